The molecule has 0 radical (unpaired) electrons. The highest BCUT2D eigenvalue weighted by Gasteiger charge is 2.33. The molecule has 2 atom stereocenters. The Morgan fingerprint density at radius 1 is 1.08 bits per heavy atom. The van der Waals surface area contributed by atoms with E-state index in [2.05, 4.69) is 55.4 Å². The molecule has 2 aromatic carbocycles. The number of aromatic amines is 1. The SMILES string of the molecule is COc1ccc(N2CCN(C(c3cc4c(C)ccc(C)c4[nH]c3=O)c3nnnn3CC3CCCO3)CC2)cc1. The Kier molecular flexibility index (Phi) is 7.05. The Hall–Kier alpha value is -3.76. The Morgan fingerprint density at radius 3 is 2.56 bits per heavy atom. The van der Waals surface area contributed by atoms with Crippen LogP contribution in [0.5, 0.6) is 5.75 Å². The molecular formula is C29H35N7O3. The number of fused-ring (bicyclic) bond motifs is 1. The van der Waals surface area contributed by atoms with E-state index in [4.69, 9.17) is 9.47 Å². The Balaban J connectivity index is 1.36. The van der Waals surface area contributed by atoms with Gasteiger partial charge in [-0.15, -0.1) is 5.10 Å². The summed E-state index contributed by atoms with van der Waals surface area (Å²) in [6.45, 7) is 8.60. The molecule has 10 nitrogen and oxygen atoms in total. The van der Waals surface area contributed by atoms with E-state index in [1.54, 1.807) is 7.11 Å². The number of piperazine rings is 1. The van der Waals surface area contributed by atoms with E-state index >= 15 is 0 Å². The van der Waals surface area contributed by atoms with Gasteiger partial charge in [-0.3, -0.25) is 9.69 Å². The first-order chi connectivity index (χ1) is 19.0. The van der Waals surface area contributed by atoms with Gasteiger partial charge in [-0.1, -0.05) is 12.1 Å². The lowest BCUT2D eigenvalue weighted by molar-refractivity contribution is 0.0906. The summed E-state index contributed by atoms with van der Waals surface area (Å²) in [7, 11) is 1.68. The lowest BCUT2D eigenvalue weighted by Gasteiger charge is -2.39. The number of nitrogens with zero attached hydrogens (tertiary/aromatic N) is 6. The largest absolute Gasteiger partial charge is 0.497 e. The second kappa shape index (κ2) is 10.8. The molecule has 0 bridgehead atoms. The first kappa shape index (κ1) is 25.5. The number of tetrazole rings is 1. The number of aryl methyl sites for hydroxylation is 2. The molecule has 4 aromatic rings. The van der Waals surface area contributed by atoms with Gasteiger partial charge in [0.05, 0.1) is 25.3 Å². The van der Waals surface area contributed by atoms with E-state index in [0.29, 0.717) is 17.9 Å². The number of ether oxygens (including phenoxy) is 2. The number of rotatable bonds is 7. The minimum Gasteiger partial charge on any atom is -0.497 e. The molecule has 4 heterocycles. The maximum absolute atomic E-state index is 13.7. The van der Waals surface area contributed by atoms with Crippen LogP contribution in [0.4, 0.5) is 5.69 Å². The Labute approximate surface area is 227 Å². The summed E-state index contributed by atoms with van der Waals surface area (Å²) in [5.41, 5.74) is 4.76. The van der Waals surface area contributed by atoms with Crippen molar-refractivity contribution in [1.29, 1.82) is 0 Å². The van der Waals surface area contributed by atoms with Crippen LogP contribution in [0.25, 0.3) is 10.9 Å². The van der Waals surface area contributed by atoms with Gasteiger partial charge in [0.2, 0.25) is 0 Å². The van der Waals surface area contributed by atoms with Crippen molar-refractivity contribution in [2.24, 2.45) is 0 Å². The van der Waals surface area contributed by atoms with Crippen molar-refractivity contribution >= 4 is 16.6 Å². The predicted molar refractivity (Wildman–Crippen MR) is 149 cm³/mol. The fraction of sp³-hybridized carbons (Fsp3) is 0.448. The normalized spacial score (nSPS) is 19.1. The van der Waals surface area contributed by atoms with Crippen LogP contribution in [0.1, 0.15) is 41.4 Å². The minimum absolute atomic E-state index is 0.0830. The van der Waals surface area contributed by atoms with Crippen molar-refractivity contribution < 1.29 is 9.47 Å². The van der Waals surface area contributed by atoms with Gasteiger partial charge in [-0.05, 0) is 78.6 Å². The van der Waals surface area contributed by atoms with Crippen LogP contribution < -0.4 is 15.2 Å². The highest BCUT2D eigenvalue weighted by atomic mass is 16.5. The fourth-order valence-electron chi connectivity index (χ4n) is 5.84. The van der Waals surface area contributed by atoms with E-state index < -0.39 is 0 Å². The number of aromatic nitrogens is 5. The van der Waals surface area contributed by atoms with E-state index in [1.807, 2.05) is 35.9 Å². The fourth-order valence-corrected chi connectivity index (χ4v) is 5.84. The highest BCUT2D eigenvalue weighted by molar-refractivity contribution is 5.85. The number of hydrogen-bond donors (Lipinski definition) is 1. The van der Waals surface area contributed by atoms with Gasteiger partial charge >= 0.3 is 0 Å². The van der Waals surface area contributed by atoms with Gasteiger partial charge in [0, 0.05) is 49.4 Å². The van der Waals surface area contributed by atoms with Crippen LogP contribution in [-0.2, 0) is 11.3 Å². The molecule has 0 spiro atoms. The van der Waals surface area contributed by atoms with Crippen LogP contribution in [-0.4, -0.2) is 76.1 Å². The van der Waals surface area contributed by atoms with Crippen LogP contribution in [0.2, 0.25) is 0 Å². The lowest BCUT2D eigenvalue weighted by atomic mass is 9.99. The maximum Gasteiger partial charge on any atom is 0.253 e. The summed E-state index contributed by atoms with van der Waals surface area (Å²) < 4.78 is 13.0. The minimum atomic E-state index is -0.382. The number of methoxy groups -OCH3 is 1. The average Bonchev–Trinajstić information content (AvgIpc) is 3.65. The number of benzene rings is 2. The van der Waals surface area contributed by atoms with E-state index in [1.165, 1.54) is 0 Å². The third kappa shape index (κ3) is 5.02. The third-order valence-electron chi connectivity index (χ3n) is 8.09. The molecule has 2 fully saturated rings. The molecule has 2 saturated heterocycles. The summed E-state index contributed by atoms with van der Waals surface area (Å²) in [6, 6.07) is 14.0. The summed E-state index contributed by atoms with van der Waals surface area (Å²) in [6.07, 6.45) is 2.11. The smallest absolute Gasteiger partial charge is 0.253 e. The molecule has 6 rings (SSSR count). The number of nitrogens with one attached hydrogen (secondary N) is 1. The molecule has 39 heavy (non-hydrogen) atoms. The summed E-state index contributed by atoms with van der Waals surface area (Å²) >= 11 is 0. The molecule has 1 N–H and O–H groups in total. The van der Waals surface area contributed by atoms with Gasteiger partial charge in [0.15, 0.2) is 5.82 Å². The van der Waals surface area contributed by atoms with Crippen molar-refractivity contribution in [2.45, 2.75) is 45.4 Å². The maximum atomic E-state index is 13.7. The molecule has 0 aliphatic carbocycles. The molecule has 2 aliphatic rings. The molecule has 204 valence electrons. The van der Waals surface area contributed by atoms with E-state index in [0.717, 1.165) is 79.1 Å². The van der Waals surface area contributed by atoms with Gasteiger partial charge in [-0.25, -0.2) is 4.68 Å². The number of H-pyrrole nitrogens is 1. The van der Waals surface area contributed by atoms with Crippen molar-refractivity contribution in [3.63, 3.8) is 0 Å². The topological polar surface area (TPSA) is 101 Å². The Morgan fingerprint density at radius 2 is 1.85 bits per heavy atom. The first-order valence-electron chi connectivity index (χ1n) is 13.7. The zero-order valence-corrected chi connectivity index (χ0v) is 22.8. The summed E-state index contributed by atoms with van der Waals surface area (Å²) in [5.74, 6) is 1.52. The number of hydrogen-bond acceptors (Lipinski definition) is 8. The highest BCUT2D eigenvalue weighted by Crippen LogP contribution is 2.31. The second-order valence-electron chi connectivity index (χ2n) is 10.5. The quantitative estimate of drug-likeness (QED) is 0.390. The van der Waals surface area contributed by atoms with E-state index in [-0.39, 0.29) is 17.7 Å². The zero-order chi connectivity index (χ0) is 26.9. The predicted octanol–water partition coefficient (Wildman–Crippen LogP) is 3.23. The average molecular weight is 530 g/mol. The first-order valence-corrected chi connectivity index (χ1v) is 13.7. The molecule has 0 amide bonds. The van der Waals surface area contributed by atoms with Gasteiger partial charge in [-0.2, -0.15) is 0 Å². The van der Waals surface area contributed by atoms with Crippen molar-refractivity contribution in [2.75, 3.05) is 44.8 Å². The zero-order valence-electron chi connectivity index (χ0n) is 22.8. The molecule has 2 aliphatic heterocycles. The van der Waals surface area contributed by atoms with Crippen molar-refractivity contribution in [1.82, 2.24) is 30.1 Å². The van der Waals surface area contributed by atoms with Crippen molar-refractivity contribution in [3.8, 4) is 5.75 Å². The lowest BCUT2D eigenvalue weighted by Crippen LogP contribution is -2.49. The summed E-state index contributed by atoms with van der Waals surface area (Å²) in [4.78, 5) is 21.5. The molecular weight excluding hydrogens is 494 g/mol. The van der Waals surface area contributed by atoms with Crippen LogP contribution >= 0.6 is 0 Å². The van der Waals surface area contributed by atoms with Gasteiger partial charge in [0.25, 0.3) is 5.56 Å². The summed E-state index contributed by atoms with van der Waals surface area (Å²) in [5, 5.41) is 13.9. The third-order valence-corrected chi connectivity index (χ3v) is 8.09. The van der Waals surface area contributed by atoms with Crippen molar-refractivity contribution in [3.05, 3.63) is 75.3 Å². The standard InChI is InChI=1S/C29H35N7O3/c1-19-6-7-20(2)26-24(19)17-25(29(37)30-26)27(28-31-32-33-36(28)18-23-5-4-16-39-23)35-14-12-34(13-15-35)21-8-10-22(38-3)11-9-21/h6-11,17,23,27H,4-5,12-16,18H2,1-3H3,(H,30,37). The monoisotopic (exact) mass is 529 g/mol. The van der Waals surface area contributed by atoms with Crippen LogP contribution in [0, 0.1) is 13.8 Å². The van der Waals surface area contributed by atoms with Crippen LogP contribution in [0.3, 0.4) is 0 Å². The molecule has 10 heteroatoms. The van der Waals surface area contributed by atoms with Crippen LogP contribution in [0.15, 0.2) is 47.3 Å². The van der Waals surface area contributed by atoms with Gasteiger partial charge < -0.3 is 19.4 Å². The number of pyridine rings is 1. The second-order valence-corrected chi connectivity index (χ2v) is 10.5. The van der Waals surface area contributed by atoms with Gasteiger partial charge in [0.1, 0.15) is 11.8 Å². The molecule has 2 aromatic heterocycles. The Bertz CT molecular complexity index is 1500. The number of anilines is 1. The van der Waals surface area contributed by atoms with E-state index in [9.17, 15) is 4.79 Å². The molecule has 0 saturated carbocycles. The molecule has 2 unspecified atom stereocenters.